The van der Waals surface area contributed by atoms with Gasteiger partial charge in [-0.15, -0.1) is 0 Å². The van der Waals surface area contributed by atoms with E-state index in [9.17, 15) is 19.9 Å². The number of benzene rings is 1. The van der Waals surface area contributed by atoms with Crippen LogP contribution in [0.15, 0.2) is 41.5 Å². The topological polar surface area (TPSA) is 133 Å². The second-order valence-corrected chi connectivity index (χ2v) is 6.70. The lowest BCUT2D eigenvalue weighted by molar-refractivity contribution is -0.141. The van der Waals surface area contributed by atoms with Crippen LogP contribution in [0, 0.1) is 0 Å². The number of hydrogen-bond donors (Lipinski definition) is 3. The maximum atomic E-state index is 13.1. The minimum absolute atomic E-state index is 0.107. The van der Waals surface area contributed by atoms with Gasteiger partial charge in [0.2, 0.25) is 0 Å². The maximum Gasteiger partial charge on any atom is 0.345 e. The van der Waals surface area contributed by atoms with Crippen molar-refractivity contribution in [2.24, 2.45) is 4.99 Å². The SMILES string of the molecule is CN=C(NO)[C@@H]1c2c(cnn2CC(=O)O)[C@@H]2CN1C(=O)N2OCc1ccccc1. The average Bonchev–Trinajstić information content (AvgIpc) is 3.24. The summed E-state index contributed by atoms with van der Waals surface area (Å²) in [6, 6.07) is 7.79. The zero-order chi connectivity index (χ0) is 20.5. The van der Waals surface area contributed by atoms with Crippen molar-refractivity contribution in [1.82, 2.24) is 25.2 Å². The van der Waals surface area contributed by atoms with E-state index in [1.165, 1.54) is 27.9 Å². The van der Waals surface area contributed by atoms with Gasteiger partial charge in [-0.3, -0.25) is 30.0 Å². The first kappa shape index (κ1) is 18.9. The number of hydrogen-bond acceptors (Lipinski definition) is 6. The fourth-order valence-corrected chi connectivity index (χ4v) is 3.78. The van der Waals surface area contributed by atoms with E-state index in [0.717, 1.165) is 5.56 Å². The lowest BCUT2D eigenvalue weighted by atomic mass is 9.97. The molecule has 4 rings (SSSR count). The summed E-state index contributed by atoms with van der Waals surface area (Å²) in [7, 11) is 1.46. The molecular formula is C18H20N6O5. The number of nitrogens with zero attached hydrogens (tertiary/aromatic N) is 5. The van der Waals surface area contributed by atoms with E-state index in [1.807, 2.05) is 35.8 Å². The van der Waals surface area contributed by atoms with Crippen LogP contribution in [0.5, 0.6) is 0 Å². The molecule has 3 heterocycles. The molecule has 1 fully saturated rings. The number of amides is 2. The molecule has 2 aliphatic heterocycles. The zero-order valence-corrected chi connectivity index (χ0v) is 15.6. The molecule has 0 saturated carbocycles. The van der Waals surface area contributed by atoms with E-state index in [4.69, 9.17) is 4.84 Å². The Morgan fingerprint density at radius 1 is 1.38 bits per heavy atom. The van der Waals surface area contributed by atoms with Gasteiger partial charge >= 0.3 is 12.0 Å². The van der Waals surface area contributed by atoms with Crippen molar-refractivity contribution in [2.75, 3.05) is 13.6 Å². The monoisotopic (exact) mass is 400 g/mol. The second kappa shape index (κ2) is 7.53. The van der Waals surface area contributed by atoms with Crippen molar-refractivity contribution in [1.29, 1.82) is 0 Å². The van der Waals surface area contributed by atoms with E-state index in [2.05, 4.69) is 10.1 Å². The Balaban J connectivity index is 1.71. The summed E-state index contributed by atoms with van der Waals surface area (Å²) < 4.78 is 1.30. The Bertz CT molecular complexity index is 959. The molecule has 2 aromatic rings. The van der Waals surface area contributed by atoms with Crippen LogP contribution in [-0.4, -0.2) is 61.5 Å². The summed E-state index contributed by atoms with van der Waals surface area (Å²) in [5.74, 6) is -0.965. The molecule has 2 atom stereocenters. The van der Waals surface area contributed by atoms with Crippen LogP contribution < -0.4 is 5.48 Å². The molecule has 0 spiro atoms. The fraction of sp³-hybridized carbons (Fsp3) is 0.333. The Morgan fingerprint density at radius 3 is 2.79 bits per heavy atom. The smallest absolute Gasteiger partial charge is 0.345 e. The van der Waals surface area contributed by atoms with E-state index >= 15 is 0 Å². The molecular weight excluding hydrogens is 380 g/mol. The van der Waals surface area contributed by atoms with Crippen molar-refractivity contribution in [3.63, 3.8) is 0 Å². The quantitative estimate of drug-likeness (QED) is 0.373. The van der Waals surface area contributed by atoms with Crippen LogP contribution in [0.3, 0.4) is 0 Å². The Morgan fingerprint density at radius 2 is 2.14 bits per heavy atom. The number of nitrogens with one attached hydrogen (secondary N) is 1. The molecule has 3 N–H and O–H groups in total. The molecule has 0 unspecified atom stereocenters. The van der Waals surface area contributed by atoms with Gasteiger partial charge in [0, 0.05) is 12.6 Å². The van der Waals surface area contributed by atoms with Gasteiger partial charge < -0.3 is 10.0 Å². The Hall–Kier alpha value is -3.44. The predicted octanol–water partition coefficient (Wildman–Crippen LogP) is 0.940. The number of aromatic nitrogens is 2. The molecule has 0 aliphatic carbocycles. The number of fused-ring (bicyclic) bond motifs is 4. The van der Waals surface area contributed by atoms with Crippen LogP contribution in [0.4, 0.5) is 4.79 Å². The maximum absolute atomic E-state index is 13.1. The summed E-state index contributed by atoms with van der Waals surface area (Å²) in [4.78, 5) is 35.6. The molecule has 2 aliphatic rings. The number of hydroxylamine groups is 3. The first-order valence-corrected chi connectivity index (χ1v) is 8.96. The van der Waals surface area contributed by atoms with Crippen molar-refractivity contribution < 1.29 is 24.7 Å². The molecule has 1 saturated heterocycles. The van der Waals surface area contributed by atoms with Crippen LogP contribution in [-0.2, 0) is 22.8 Å². The first-order chi connectivity index (χ1) is 14.0. The van der Waals surface area contributed by atoms with Crippen molar-refractivity contribution in [3.8, 4) is 0 Å². The van der Waals surface area contributed by atoms with Gasteiger partial charge in [-0.25, -0.2) is 4.79 Å². The predicted molar refractivity (Wildman–Crippen MR) is 98.8 cm³/mol. The highest BCUT2D eigenvalue weighted by Gasteiger charge is 2.52. The highest BCUT2D eigenvalue weighted by atomic mass is 16.7. The van der Waals surface area contributed by atoms with E-state index in [0.29, 0.717) is 17.8 Å². The average molecular weight is 400 g/mol. The molecule has 0 radical (unpaired) electrons. The molecule has 11 heteroatoms. The standard InChI is InChI=1S/C18H20N6O5/c1-19-17(21-28)16-15-12(7-20-23(15)9-14(25)26)13-8-22(16)18(27)24(13)29-10-11-5-3-2-4-6-11/h2-7,13,16,28H,8-10H2,1H3,(H,19,21)(H,25,26)/t13-,16-/m0/s1. The second-order valence-electron chi connectivity index (χ2n) is 6.70. The third-order valence-corrected chi connectivity index (χ3v) is 5.04. The minimum Gasteiger partial charge on any atom is -0.480 e. The molecule has 1 aromatic heterocycles. The van der Waals surface area contributed by atoms with Crippen LogP contribution >= 0.6 is 0 Å². The number of carboxylic acids is 1. The molecule has 152 valence electrons. The molecule has 11 nitrogen and oxygen atoms in total. The van der Waals surface area contributed by atoms with Crippen LogP contribution in [0.2, 0.25) is 0 Å². The van der Waals surface area contributed by atoms with Gasteiger partial charge in [0.1, 0.15) is 31.1 Å². The highest BCUT2D eigenvalue weighted by molar-refractivity contribution is 5.93. The molecule has 2 bridgehead atoms. The fourth-order valence-electron chi connectivity index (χ4n) is 3.78. The molecule has 1 aromatic carbocycles. The number of carbonyl (C=O) groups excluding carboxylic acids is 1. The Labute approximate surface area is 165 Å². The van der Waals surface area contributed by atoms with Crippen LogP contribution in [0.25, 0.3) is 0 Å². The molecule has 29 heavy (non-hydrogen) atoms. The first-order valence-electron chi connectivity index (χ1n) is 8.96. The normalized spacial score (nSPS) is 20.8. The lowest BCUT2D eigenvalue weighted by Crippen LogP contribution is -2.44. The van der Waals surface area contributed by atoms with E-state index < -0.39 is 24.1 Å². The summed E-state index contributed by atoms with van der Waals surface area (Å²) in [6.07, 6.45) is 1.54. The van der Waals surface area contributed by atoms with Gasteiger partial charge in [0.15, 0.2) is 0 Å². The Kier molecular flexibility index (Phi) is 4.91. The summed E-state index contributed by atoms with van der Waals surface area (Å²) in [5.41, 5.74) is 4.05. The number of aliphatic carboxylic acids is 1. The van der Waals surface area contributed by atoms with E-state index in [1.54, 1.807) is 0 Å². The number of aliphatic imine (C=N–C) groups is 1. The largest absolute Gasteiger partial charge is 0.480 e. The minimum atomic E-state index is -1.07. The molecule has 2 amide bonds. The summed E-state index contributed by atoms with van der Waals surface area (Å²) >= 11 is 0. The highest BCUT2D eigenvalue weighted by Crippen LogP contribution is 2.44. The number of carbonyl (C=O) groups is 2. The third kappa shape index (κ3) is 3.19. The van der Waals surface area contributed by atoms with Crippen molar-refractivity contribution in [2.45, 2.75) is 25.2 Å². The summed E-state index contributed by atoms with van der Waals surface area (Å²) in [5, 5.41) is 24.2. The van der Waals surface area contributed by atoms with E-state index in [-0.39, 0.29) is 19.0 Å². The van der Waals surface area contributed by atoms with Crippen molar-refractivity contribution in [3.05, 3.63) is 53.3 Å². The lowest BCUT2D eigenvalue weighted by Gasteiger charge is -2.31. The number of rotatable bonds is 6. The van der Waals surface area contributed by atoms with Crippen LogP contribution in [0.1, 0.15) is 28.9 Å². The summed E-state index contributed by atoms with van der Waals surface area (Å²) in [6.45, 7) is 0.117. The van der Waals surface area contributed by atoms with Crippen molar-refractivity contribution >= 4 is 17.8 Å². The van der Waals surface area contributed by atoms with Gasteiger partial charge in [0.25, 0.3) is 0 Å². The number of carboxylic acid groups (broad SMARTS) is 1. The number of urea groups is 1. The third-order valence-electron chi connectivity index (χ3n) is 5.04. The van der Waals surface area contributed by atoms with Gasteiger partial charge in [0.05, 0.1) is 18.4 Å². The zero-order valence-electron chi connectivity index (χ0n) is 15.6. The van der Waals surface area contributed by atoms with Gasteiger partial charge in [-0.2, -0.15) is 10.2 Å². The van der Waals surface area contributed by atoms with Gasteiger partial charge in [-0.05, 0) is 5.56 Å². The van der Waals surface area contributed by atoms with Gasteiger partial charge in [-0.1, -0.05) is 30.3 Å². The number of amidine groups is 1.